The van der Waals surface area contributed by atoms with Gasteiger partial charge in [-0.3, -0.25) is 0 Å². The van der Waals surface area contributed by atoms with Gasteiger partial charge in [0.25, 0.3) is 0 Å². The van der Waals surface area contributed by atoms with E-state index in [2.05, 4.69) is 0 Å². The summed E-state index contributed by atoms with van der Waals surface area (Å²) in [5.74, 6) is 0.220. The van der Waals surface area contributed by atoms with Crippen LogP contribution in [0.2, 0.25) is 0 Å². The molecule has 2 N–H and O–H groups in total. The average molecular weight is 327 g/mol. The first-order valence-electron chi connectivity index (χ1n) is 5.85. The van der Waals surface area contributed by atoms with E-state index in [4.69, 9.17) is 9.94 Å². The van der Waals surface area contributed by atoms with Crippen LogP contribution in [-0.4, -0.2) is 20.7 Å². The molecule has 6 nitrogen and oxygen atoms in total. The molecule has 0 fully saturated rings. The molecule has 0 aromatic heterocycles. The zero-order valence-corrected chi connectivity index (χ0v) is 12.6. The van der Waals surface area contributed by atoms with Crippen LogP contribution in [0.25, 0.3) is 0 Å². The van der Waals surface area contributed by atoms with Gasteiger partial charge in [-0.2, -0.15) is 5.23 Å². The molecule has 112 valence electrons. The Kier molecular flexibility index (Phi) is 4.86. The van der Waals surface area contributed by atoms with Crippen LogP contribution in [-0.2, 0) is 8.87 Å². The second-order valence-corrected chi connectivity index (χ2v) is 7.76. The molecule has 2 aromatic rings. The van der Waals surface area contributed by atoms with Gasteiger partial charge >= 0.3 is 0 Å². The molecule has 0 aliphatic heterocycles. The molecule has 0 saturated carbocycles. The van der Waals surface area contributed by atoms with Gasteiger partial charge < -0.3 is 9.94 Å². The van der Waals surface area contributed by atoms with E-state index < -0.39 is 14.1 Å². The average Bonchev–Trinajstić information content (AvgIpc) is 2.47. The Balaban J connectivity index is 2.43. The molecule has 0 spiro atoms. The van der Waals surface area contributed by atoms with E-state index in [0.717, 1.165) is 0 Å². The molecule has 0 amide bonds. The third kappa shape index (κ3) is 3.55. The predicted octanol–water partition coefficient (Wildman–Crippen LogP) is 1.58. The second-order valence-electron chi connectivity index (χ2n) is 3.99. The van der Waals surface area contributed by atoms with E-state index in [1.54, 1.807) is 24.3 Å². The number of ether oxygens (including phenoxy) is 1. The van der Waals surface area contributed by atoms with E-state index in [-0.39, 0.29) is 21.2 Å². The van der Waals surface area contributed by atoms with Crippen molar-refractivity contribution in [3.63, 3.8) is 0 Å². The van der Waals surface area contributed by atoms with E-state index in [1.165, 1.54) is 31.4 Å². The van der Waals surface area contributed by atoms with Crippen molar-refractivity contribution in [3.8, 4) is 5.75 Å². The van der Waals surface area contributed by atoms with Gasteiger partial charge in [0.05, 0.1) is 12.0 Å². The van der Waals surface area contributed by atoms with Crippen LogP contribution < -0.4 is 9.96 Å². The highest BCUT2D eigenvalue weighted by Crippen LogP contribution is 2.37. The summed E-state index contributed by atoms with van der Waals surface area (Å²) in [5.41, 5.74) is -0.0547. The van der Waals surface area contributed by atoms with Crippen molar-refractivity contribution in [1.29, 1.82) is 0 Å². The smallest absolute Gasteiger partial charge is 0.238 e. The predicted molar refractivity (Wildman–Crippen MR) is 78.3 cm³/mol. The Morgan fingerprint density at radius 1 is 1.14 bits per heavy atom. The van der Waals surface area contributed by atoms with Gasteiger partial charge in [0.2, 0.25) is 8.87 Å². The van der Waals surface area contributed by atoms with E-state index in [1.807, 2.05) is 0 Å². The Hall–Kier alpha value is -1.58. The van der Waals surface area contributed by atoms with Crippen molar-refractivity contribution in [2.45, 2.75) is 9.79 Å². The van der Waals surface area contributed by atoms with Gasteiger partial charge in [0, 0.05) is 16.9 Å². The number of hydrogen-bond donors (Lipinski definition) is 2. The Morgan fingerprint density at radius 2 is 1.76 bits per heavy atom. The van der Waals surface area contributed by atoms with Crippen molar-refractivity contribution < 1.29 is 23.6 Å². The normalized spacial score (nSPS) is 12.9. The molecule has 1 unspecified atom stereocenters. The van der Waals surface area contributed by atoms with Crippen LogP contribution in [0.1, 0.15) is 0 Å². The van der Waals surface area contributed by atoms with E-state index in [0.29, 0.717) is 10.8 Å². The molecule has 2 rings (SSSR count). The summed E-state index contributed by atoms with van der Waals surface area (Å²) in [6.07, 6.45) is 0. The number of para-hydroxylation sites is 2. The minimum Gasteiger partial charge on any atom is -0.595 e. The molecule has 2 aromatic carbocycles. The van der Waals surface area contributed by atoms with Crippen molar-refractivity contribution in [2.24, 2.45) is 0 Å². The van der Waals surface area contributed by atoms with Crippen LogP contribution in [0.15, 0.2) is 58.3 Å². The molecule has 8 heteroatoms. The lowest BCUT2D eigenvalue weighted by atomic mass is 10.3. The van der Waals surface area contributed by atoms with Gasteiger partial charge in [0.15, 0.2) is 5.69 Å². The lowest BCUT2D eigenvalue weighted by molar-refractivity contribution is -0.992. The highest BCUT2D eigenvalue weighted by atomic mass is 33.1. The third-order valence-electron chi connectivity index (χ3n) is 2.66. The fourth-order valence-corrected chi connectivity index (χ4v) is 4.88. The molecule has 0 bridgehead atoms. The summed E-state index contributed by atoms with van der Waals surface area (Å²) in [6.45, 7) is 0. The molecule has 0 heterocycles. The molecule has 0 radical (unpaired) electrons. The number of nitrogens with one attached hydrogen (secondary N) is 1. The van der Waals surface area contributed by atoms with Gasteiger partial charge in [-0.1, -0.05) is 24.3 Å². The molecular weight excluding hydrogens is 314 g/mol. The molecular formula is C13H13NO5S2. The summed E-state index contributed by atoms with van der Waals surface area (Å²) in [4.78, 5) is 0.175. The maximum atomic E-state index is 12.4. The summed E-state index contributed by atoms with van der Waals surface area (Å²) in [7, 11) is -1.91. The summed E-state index contributed by atoms with van der Waals surface area (Å²) in [6, 6.07) is 12.2. The maximum absolute atomic E-state index is 12.4. The largest absolute Gasteiger partial charge is 0.595 e. The van der Waals surface area contributed by atoms with Gasteiger partial charge in [-0.05, 0) is 18.2 Å². The summed E-state index contributed by atoms with van der Waals surface area (Å²) < 4.78 is 29.9. The minimum atomic E-state index is -3.78. The third-order valence-corrected chi connectivity index (χ3v) is 6.02. The number of quaternary nitrogens is 1. The van der Waals surface area contributed by atoms with Gasteiger partial charge in [0.1, 0.15) is 10.6 Å². The number of benzene rings is 2. The molecule has 21 heavy (non-hydrogen) atoms. The first kappa shape index (κ1) is 15.8. The SMILES string of the molecule is COc1ccccc1S(=O)(=O)Sc1ccccc1[NH+]([O-])O. The Bertz CT molecular complexity index is 731. The van der Waals surface area contributed by atoms with Gasteiger partial charge in [-0.25, -0.2) is 13.6 Å². The van der Waals surface area contributed by atoms with Crippen molar-refractivity contribution in [1.82, 2.24) is 0 Å². The quantitative estimate of drug-likeness (QED) is 0.640. The van der Waals surface area contributed by atoms with Crippen molar-refractivity contribution >= 4 is 25.4 Å². The highest BCUT2D eigenvalue weighted by molar-refractivity contribution is 8.72. The fourth-order valence-electron chi connectivity index (χ4n) is 1.70. The molecule has 0 saturated heterocycles. The maximum Gasteiger partial charge on any atom is 0.238 e. The van der Waals surface area contributed by atoms with Crippen LogP contribution in [0.3, 0.4) is 0 Å². The number of rotatable bonds is 5. The van der Waals surface area contributed by atoms with E-state index >= 15 is 0 Å². The first-order chi connectivity index (χ1) is 9.95. The van der Waals surface area contributed by atoms with Crippen molar-refractivity contribution in [2.75, 3.05) is 7.11 Å². The molecule has 0 aliphatic rings. The van der Waals surface area contributed by atoms with Crippen LogP contribution >= 0.6 is 10.8 Å². The number of hydrogen-bond acceptors (Lipinski definition) is 6. The Morgan fingerprint density at radius 3 is 2.43 bits per heavy atom. The van der Waals surface area contributed by atoms with Gasteiger partial charge in [-0.15, -0.1) is 0 Å². The zero-order chi connectivity index (χ0) is 15.5. The van der Waals surface area contributed by atoms with E-state index in [9.17, 15) is 13.6 Å². The van der Waals surface area contributed by atoms with Crippen molar-refractivity contribution in [3.05, 3.63) is 53.7 Å². The lowest BCUT2D eigenvalue weighted by Crippen LogP contribution is -2.99. The topological polar surface area (TPSA) is 91.1 Å². The summed E-state index contributed by atoms with van der Waals surface area (Å²) >= 11 is 0. The van der Waals surface area contributed by atoms with Crippen LogP contribution in [0, 0.1) is 5.21 Å². The van der Waals surface area contributed by atoms with Crippen LogP contribution in [0.4, 0.5) is 5.69 Å². The monoisotopic (exact) mass is 327 g/mol. The lowest BCUT2D eigenvalue weighted by Gasteiger charge is -2.15. The molecule has 1 atom stereocenters. The molecule has 0 aliphatic carbocycles. The Labute approximate surface area is 125 Å². The summed E-state index contributed by atoms with van der Waals surface area (Å²) in [5, 5.41) is 19.1. The minimum absolute atomic E-state index is 0.0118. The zero-order valence-electron chi connectivity index (χ0n) is 11.0. The van der Waals surface area contributed by atoms with Crippen LogP contribution in [0.5, 0.6) is 5.75 Å². The first-order valence-corrected chi connectivity index (χ1v) is 8.67. The standard InChI is InChI=1S/C13H13NO5S2/c1-19-11-7-3-5-9-13(11)21(17,18)20-12-8-4-2-6-10(12)14(15)16/h2-9,14-15H,1H3. The number of methoxy groups -OCH3 is 1. The second kappa shape index (κ2) is 6.46. The fraction of sp³-hybridized carbons (Fsp3) is 0.0769. The highest BCUT2D eigenvalue weighted by Gasteiger charge is 2.23.